The van der Waals surface area contributed by atoms with Crippen LogP contribution in [0.4, 0.5) is 4.39 Å². The van der Waals surface area contributed by atoms with Crippen molar-refractivity contribution in [1.29, 1.82) is 0 Å². The number of rotatable bonds is 3. The Morgan fingerprint density at radius 1 is 1.50 bits per heavy atom. The van der Waals surface area contributed by atoms with E-state index in [1.165, 1.54) is 6.92 Å². The molecule has 14 heavy (non-hydrogen) atoms. The van der Waals surface area contributed by atoms with E-state index in [1.54, 1.807) is 0 Å². The molecule has 0 bridgehead atoms. The Kier molecular flexibility index (Phi) is 3.67. The molecule has 0 heterocycles. The lowest BCUT2D eigenvalue weighted by Gasteiger charge is -2.19. The molecule has 0 aliphatic rings. The van der Waals surface area contributed by atoms with E-state index in [-0.39, 0.29) is 6.54 Å². The molecule has 2 N–H and O–H groups in total. The van der Waals surface area contributed by atoms with Gasteiger partial charge in [-0.15, -0.1) is 0 Å². The summed E-state index contributed by atoms with van der Waals surface area (Å²) < 4.78 is 14.7. The Balaban J connectivity index is 2.91. The Labute approximate surface area is 92.6 Å². The zero-order chi connectivity index (χ0) is 10.8. The third kappa shape index (κ3) is 3.07. The first-order chi connectivity index (χ1) is 6.44. The second-order valence-corrected chi connectivity index (χ2v) is 4.78. The van der Waals surface area contributed by atoms with Crippen LogP contribution in [0.15, 0.2) is 22.7 Å². The normalized spacial score (nSPS) is 15.2. The molecule has 0 amide bonds. The van der Waals surface area contributed by atoms with Gasteiger partial charge in [-0.2, -0.15) is 0 Å². The molecule has 0 fully saturated rings. The van der Waals surface area contributed by atoms with E-state index in [0.29, 0.717) is 6.42 Å². The molecule has 78 valence electrons. The number of hydrogen-bond acceptors (Lipinski definition) is 1. The fraction of sp³-hybridized carbons (Fsp3) is 0.455. The van der Waals surface area contributed by atoms with Crippen molar-refractivity contribution < 1.29 is 4.39 Å². The topological polar surface area (TPSA) is 26.0 Å². The highest BCUT2D eigenvalue weighted by Crippen LogP contribution is 2.22. The molecule has 1 rings (SSSR count). The van der Waals surface area contributed by atoms with Crippen LogP contribution >= 0.6 is 15.9 Å². The number of halogens is 2. The van der Waals surface area contributed by atoms with Gasteiger partial charge in [-0.1, -0.05) is 22.0 Å². The first kappa shape index (κ1) is 11.7. The van der Waals surface area contributed by atoms with E-state index in [9.17, 15) is 4.39 Å². The first-order valence-corrected chi connectivity index (χ1v) is 5.38. The Hall–Kier alpha value is -0.410. The lowest BCUT2D eigenvalue weighted by atomic mass is 9.95. The van der Waals surface area contributed by atoms with E-state index >= 15 is 0 Å². The molecule has 0 radical (unpaired) electrons. The lowest BCUT2D eigenvalue weighted by Crippen LogP contribution is -2.31. The zero-order valence-electron chi connectivity index (χ0n) is 8.48. The van der Waals surface area contributed by atoms with Crippen molar-refractivity contribution >= 4 is 15.9 Å². The second kappa shape index (κ2) is 4.41. The molecule has 0 saturated heterocycles. The zero-order valence-corrected chi connectivity index (χ0v) is 10.1. The van der Waals surface area contributed by atoms with E-state index < -0.39 is 5.67 Å². The van der Waals surface area contributed by atoms with Crippen molar-refractivity contribution in [3.8, 4) is 0 Å². The number of hydrogen-bond donors (Lipinski definition) is 1. The summed E-state index contributed by atoms with van der Waals surface area (Å²) in [5.74, 6) is 0. The van der Waals surface area contributed by atoms with E-state index in [0.717, 1.165) is 15.6 Å². The van der Waals surface area contributed by atoms with Crippen molar-refractivity contribution in [3.05, 3.63) is 33.8 Å². The molecular formula is C11H15BrFN. The monoisotopic (exact) mass is 259 g/mol. The molecule has 1 aromatic rings. The average Bonchev–Trinajstić information content (AvgIpc) is 2.11. The first-order valence-electron chi connectivity index (χ1n) is 4.58. The number of nitrogens with two attached hydrogens (primary N) is 1. The maximum atomic E-state index is 13.7. The smallest absolute Gasteiger partial charge is 0.124 e. The lowest BCUT2D eigenvalue weighted by molar-refractivity contribution is 0.200. The van der Waals surface area contributed by atoms with Crippen molar-refractivity contribution in [1.82, 2.24) is 0 Å². The molecule has 1 aromatic carbocycles. The van der Waals surface area contributed by atoms with Crippen LogP contribution in [-0.4, -0.2) is 12.2 Å². The molecule has 0 aromatic heterocycles. The minimum Gasteiger partial charge on any atom is -0.328 e. The van der Waals surface area contributed by atoms with Crippen LogP contribution in [0.2, 0.25) is 0 Å². The Morgan fingerprint density at radius 2 is 2.14 bits per heavy atom. The summed E-state index contributed by atoms with van der Waals surface area (Å²) in [4.78, 5) is 0. The highest BCUT2D eigenvalue weighted by atomic mass is 79.9. The maximum absolute atomic E-state index is 13.7. The largest absolute Gasteiger partial charge is 0.328 e. The number of benzene rings is 1. The van der Waals surface area contributed by atoms with Gasteiger partial charge in [0.1, 0.15) is 5.67 Å². The van der Waals surface area contributed by atoms with Gasteiger partial charge in [0.2, 0.25) is 0 Å². The van der Waals surface area contributed by atoms with Gasteiger partial charge in [-0.3, -0.25) is 0 Å². The Morgan fingerprint density at radius 3 is 2.71 bits per heavy atom. The quantitative estimate of drug-likeness (QED) is 0.888. The second-order valence-electron chi connectivity index (χ2n) is 3.87. The van der Waals surface area contributed by atoms with Crippen LogP contribution < -0.4 is 5.73 Å². The third-order valence-corrected chi connectivity index (χ3v) is 2.79. The highest BCUT2D eigenvalue weighted by Gasteiger charge is 2.22. The van der Waals surface area contributed by atoms with Crippen LogP contribution in [0.25, 0.3) is 0 Å². The highest BCUT2D eigenvalue weighted by molar-refractivity contribution is 9.10. The van der Waals surface area contributed by atoms with Gasteiger partial charge >= 0.3 is 0 Å². The maximum Gasteiger partial charge on any atom is 0.124 e. The van der Waals surface area contributed by atoms with E-state index in [1.807, 2.05) is 25.1 Å². The molecule has 0 spiro atoms. The SMILES string of the molecule is Cc1ccc(Br)cc1CC(C)(F)CN. The third-order valence-electron chi connectivity index (χ3n) is 2.30. The molecule has 0 aliphatic heterocycles. The molecule has 1 atom stereocenters. The summed E-state index contributed by atoms with van der Waals surface area (Å²) in [5.41, 5.74) is 6.15. The fourth-order valence-electron chi connectivity index (χ4n) is 1.30. The molecule has 3 heteroatoms. The molecule has 1 unspecified atom stereocenters. The summed E-state index contributed by atoms with van der Waals surface area (Å²) in [5, 5.41) is 0. The van der Waals surface area contributed by atoms with Crippen LogP contribution in [0, 0.1) is 6.92 Å². The van der Waals surface area contributed by atoms with Crippen molar-refractivity contribution in [2.24, 2.45) is 5.73 Å². The summed E-state index contributed by atoms with van der Waals surface area (Å²) in [6.07, 6.45) is 0.370. The summed E-state index contributed by atoms with van der Waals surface area (Å²) in [6.45, 7) is 3.57. The van der Waals surface area contributed by atoms with Crippen LogP contribution in [0.5, 0.6) is 0 Å². The standard InChI is InChI=1S/C11H15BrFN/c1-8-3-4-10(12)5-9(8)6-11(2,13)7-14/h3-5H,6-7,14H2,1-2H3. The van der Waals surface area contributed by atoms with Gasteiger partial charge in [0.15, 0.2) is 0 Å². The summed E-state index contributed by atoms with van der Waals surface area (Å²) >= 11 is 3.37. The summed E-state index contributed by atoms with van der Waals surface area (Å²) in [6, 6.07) is 5.88. The molecule has 0 aliphatic carbocycles. The number of alkyl halides is 1. The minimum absolute atomic E-state index is 0.0545. The predicted octanol–water partition coefficient (Wildman–Crippen LogP) is 2.99. The van der Waals surface area contributed by atoms with Gasteiger partial charge in [-0.05, 0) is 37.1 Å². The minimum atomic E-state index is -1.31. The van der Waals surface area contributed by atoms with Gasteiger partial charge in [0.25, 0.3) is 0 Å². The van der Waals surface area contributed by atoms with Gasteiger partial charge in [-0.25, -0.2) is 4.39 Å². The van der Waals surface area contributed by atoms with Crippen LogP contribution in [-0.2, 0) is 6.42 Å². The van der Waals surface area contributed by atoms with Gasteiger partial charge in [0, 0.05) is 17.4 Å². The molecule has 0 saturated carbocycles. The van der Waals surface area contributed by atoms with E-state index in [4.69, 9.17) is 5.73 Å². The molecular weight excluding hydrogens is 245 g/mol. The number of aryl methyl sites for hydroxylation is 1. The van der Waals surface area contributed by atoms with Crippen molar-refractivity contribution in [3.63, 3.8) is 0 Å². The molecule has 1 nitrogen and oxygen atoms in total. The average molecular weight is 260 g/mol. The predicted molar refractivity (Wildman–Crippen MR) is 61.2 cm³/mol. The van der Waals surface area contributed by atoms with Crippen molar-refractivity contribution in [2.45, 2.75) is 25.9 Å². The fourth-order valence-corrected chi connectivity index (χ4v) is 1.71. The van der Waals surface area contributed by atoms with Crippen LogP contribution in [0.1, 0.15) is 18.1 Å². The van der Waals surface area contributed by atoms with E-state index in [2.05, 4.69) is 15.9 Å². The summed E-state index contributed by atoms with van der Waals surface area (Å²) in [7, 11) is 0. The van der Waals surface area contributed by atoms with Gasteiger partial charge in [0.05, 0.1) is 0 Å². The van der Waals surface area contributed by atoms with Gasteiger partial charge < -0.3 is 5.73 Å². The van der Waals surface area contributed by atoms with Crippen LogP contribution in [0.3, 0.4) is 0 Å². The Bertz CT molecular complexity index is 323. The van der Waals surface area contributed by atoms with Crippen molar-refractivity contribution in [2.75, 3.05) is 6.54 Å².